The Labute approximate surface area is 149 Å². The standard InChI is InChI=1S/C17H16ClN5O2/c1-10-15(16(22-25-10)12-4-2-3-5-13(12)18)17(24)19-8-14-21-20-9-23(14)11-6-7-11/h2-5,9,11H,6-8H2,1H3,(H,19,24). The Bertz CT molecular complexity index is 929. The van der Waals surface area contributed by atoms with Gasteiger partial charge in [0, 0.05) is 11.6 Å². The van der Waals surface area contributed by atoms with E-state index in [9.17, 15) is 4.79 Å². The smallest absolute Gasteiger partial charge is 0.257 e. The van der Waals surface area contributed by atoms with Gasteiger partial charge < -0.3 is 14.4 Å². The van der Waals surface area contributed by atoms with Gasteiger partial charge in [0.25, 0.3) is 5.91 Å². The maximum Gasteiger partial charge on any atom is 0.257 e. The quantitative estimate of drug-likeness (QED) is 0.758. The van der Waals surface area contributed by atoms with Crippen molar-refractivity contribution in [3.8, 4) is 11.3 Å². The van der Waals surface area contributed by atoms with E-state index < -0.39 is 0 Å². The van der Waals surface area contributed by atoms with E-state index in [1.54, 1.807) is 25.4 Å². The van der Waals surface area contributed by atoms with Gasteiger partial charge in [-0.2, -0.15) is 0 Å². The van der Waals surface area contributed by atoms with Crippen molar-refractivity contribution in [2.24, 2.45) is 0 Å². The predicted molar refractivity (Wildman–Crippen MR) is 91.1 cm³/mol. The third-order valence-electron chi connectivity index (χ3n) is 4.21. The summed E-state index contributed by atoms with van der Waals surface area (Å²) in [4.78, 5) is 12.7. The fraction of sp³-hybridized carbons (Fsp3) is 0.294. The molecule has 1 aromatic carbocycles. The average molecular weight is 358 g/mol. The monoisotopic (exact) mass is 357 g/mol. The lowest BCUT2D eigenvalue weighted by atomic mass is 10.1. The summed E-state index contributed by atoms with van der Waals surface area (Å²) in [5, 5.41) is 15.4. The van der Waals surface area contributed by atoms with E-state index in [1.807, 2.05) is 16.7 Å². The van der Waals surface area contributed by atoms with Gasteiger partial charge in [0.1, 0.15) is 23.3 Å². The minimum absolute atomic E-state index is 0.279. The molecule has 3 aromatic rings. The van der Waals surface area contributed by atoms with Crippen LogP contribution in [0.25, 0.3) is 11.3 Å². The molecule has 2 heterocycles. The van der Waals surface area contributed by atoms with Crippen LogP contribution in [-0.4, -0.2) is 25.8 Å². The Kier molecular flexibility index (Phi) is 4.01. The maximum absolute atomic E-state index is 12.7. The van der Waals surface area contributed by atoms with Crippen LogP contribution in [0.15, 0.2) is 35.1 Å². The van der Waals surface area contributed by atoms with E-state index >= 15 is 0 Å². The number of nitrogens with zero attached hydrogens (tertiary/aromatic N) is 4. The third-order valence-corrected chi connectivity index (χ3v) is 4.54. The van der Waals surface area contributed by atoms with Crippen molar-refractivity contribution in [2.75, 3.05) is 0 Å². The van der Waals surface area contributed by atoms with Crippen LogP contribution in [0.2, 0.25) is 5.02 Å². The fourth-order valence-corrected chi connectivity index (χ4v) is 3.00. The van der Waals surface area contributed by atoms with Gasteiger partial charge in [-0.25, -0.2) is 0 Å². The molecule has 0 saturated heterocycles. The minimum atomic E-state index is -0.279. The first-order valence-corrected chi connectivity index (χ1v) is 8.40. The second kappa shape index (κ2) is 6.33. The molecule has 0 unspecified atom stereocenters. The number of aromatic nitrogens is 4. The molecule has 0 aliphatic heterocycles. The van der Waals surface area contributed by atoms with Crippen LogP contribution in [0.3, 0.4) is 0 Å². The molecule has 2 aromatic heterocycles. The van der Waals surface area contributed by atoms with Crippen molar-refractivity contribution in [3.05, 3.63) is 52.8 Å². The summed E-state index contributed by atoms with van der Waals surface area (Å²) in [6, 6.07) is 7.67. The van der Waals surface area contributed by atoms with Crippen molar-refractivity contribution in [3.63, 3.8) is 0 Å². The molecule has 8 heteroatoms. The van der Waals surface area contributed by atoms with E-state index in [4.69, 9.17) is 16.1 Å². The molecule has 0 spiro atoms. The molecule has 1 fully saturated rings. The van der Waals surface area contributed by atoms with Gasteiger partial charge in [0.15, 0.2) is 5.82 Å². The molecule has 128 valence electrons. The molecular formula is C17H16ClN5O2. The summed E-state index contributed by atoms with van der Waals surface area (Å²) in [6.07, 6.45) is 3.96. The van der Waals surface area contributed by atoms with Gasteiger partial charge in [-0.05, 0) is 25.8 Å². The van der Waals surface area contributed by atoms with Crippen molar-refractivity contribution in [2.45, 2.75) is 32.4 Å². The van der Waals surface area contributed by atoms with Crippen LogP contribution in [0.5, 0.6) is 0 Å². The SMILES string of the molecule is Cc1onc(-c2ccccc2Cl)c1C(=O)NCc1nncn1C1CC1. The molecule has 4 rings (SSSR count). The molecule has 0 atom stereocenters. The molecule has 7 nitrogen and oxygen atoms in total. The molecule has 1 N–H and O–H groups in total. The lowest BCUT2D eigenvalue weighted by molar-refractivity contribution is 0.0948. The highest BCUT2D eigenvalue weighted by Crippen LogP contribution is 2.35. The highest BCUT2D eigenvalue weighted by molar-refractivity contribution is 6.33. The van der Waals surface area contributed by atoms with Crippen molar-refractivity contribution in [1.82, 2.24) is 25.2 Å². The zero-order valence-electron chi connectivity index (χ0n) is 13.6. The minimum Gasteiger partial charge on any atom is -0.360 e. The van der Waals surface area contributed by atoms with E-state index in [-0.39, 0.29) is 5.91 Å². The fourth-order valence-electron chi connectivity index (χ4n) is 2.78. The number of hydrogen-bond donors (Lipinski definition) is 1. The summed E-state index contributed by atoms with van der Waals surface area (Å²) >= 11 is 6.23. The molecular weight excluding hydrogens is 342 g/mol. The first-order valence-electron chi connectivity index (χ1n) is 8.03. The highest BCUT2D eigenvalue weighted by Gasteiger charge is 2.27. The van der Waals surface area contributed by atoms with Gasteiger partial charge in [0.2, 0.25) is 0 Å². The topological polar surface area (TPSA) is 85.8 Å². The van der Waals surface area contributed by atoms with Gasteiger partial charge in [-0.15, -0.1) is 10.2 Å². The number of carbonyl (C=O) groups is 1. The summed E-state index contributed by atoms with van der Waals surface area (Å²) in [5.74, 6) is 0.902. The van der Waals surface area contributed by atoms with Gasteiger partial charge >= 0.3 is 0 Å². The van der Waals surface area contributed by atoms with Crippen LogP contribution in [-0.2, 0) is 6.54 Å². The largest absolute Gasteiger partial charge is 0.360 e. The Morgan fingerprint density at radius 3 is 2.96 bits per heavy atom. The average Bonchev–Trinajstić information content (AvgIpc) is 3.22. The Hall–Kier alpha value is -2.67. The number of aryl methyl sites for hydroxylation is 1. The van der Waals surface area contributed by atoms with E-state index in [0.29, 0.717) is 40.2 Å². The summed E-state index contributed by atoms with van der Waals surface area (Å²) in [7, 11) is 0. The number of rotatable bonds is 5. The number of hydrogen-bond acceptors (Lipinski definition) is 5. The Balaban J connectivity index is 1.57. The zero-order valence-corrected chi connectivity index (χ0v) is 14.3. The first-order chi connectivity index (χ1) is 12.1. The predicted octanol–water partition coefficient (Wildman–Crippen LogP) is 3.16. The second-order valence-corrected chi connectivity index (χ2v) is 6.42. The van der Waals surface area contributed by atoms with E-state index in [2.05, 4.69) is 20.7 Å². The molecule has 1 saturated carbocycles. The molecule has 1 amide bonds. The van der Waals surface area contributed by atoms with Gasteiger partial charge in [-0.3, -0.25) is 4.79 Å². The molecule has 0 radical (unpaired) electrons. The van der Waals surface area contributed by atoms with Crippen LogP contribution in [0, 0.1) is 6.92 Å². The van der Waals surface area contributed by atoms with E-state index in [1.165, 1.54) is 0 Å². The molecule has 25 heavy (non-hydrogen) atoms. The first kappa shape index (κ1) is 15.8. The number of carbonyl (C=O) groups excluding carboxylic acids is 1. The number of benzene rings is 1. The number of halogens is 1. The number of amides is 1. The van der Waals surface area contributed by atoms with Crippen molar-refractivity contribution < 1.29 is 9.32 Å². The lowest BCUT2D eigenvalue weighted by Gasteiger charge is -2.07. The highest BCUT2D eigenvalue weighted by atomic mass is 35.5. The third kappa shape index (κ3) is 3.02. The van der Waals surface area contributed by atoms with Crippen molar-refractivity contribution in [1.29, 1.82) is 0 Å². The molecule has 1 aliphatic rings. The lowest BCUT2D eigenvalue weighted by Crippen LogP contribution is -2.25. The van der Waals surface area contributed by atoms with E-state index in [0.717, 1.165) is 18.7 Å². The van der Waals surface area contributed by atoms with Crippen LogP contribution in [0.4, 0.5) is 0 Å². The molecule has 0 bridgehead atoms. The molecule has 1 aliphatic carbocycles. The van der Waals surface area contributed by atoms with Crippen molar-refractivity contribution >= 4 is 17.5 Å². The Morgan fingerprint density at radius 2 is 2.20 bits per heavy atom. The second-order valence-electron chi connectivity index (χ2n) is 6.01. The number of nitrogens with one attached hydrogen (secondary N) is 1. The normalized spacial score (nSPS) is 13.8. The summed E-state index contributed by atoms with van der Waals surface area (Å²) in [6.45, 7) is 2.00. The van der Waals surface area contributed by atoms with Crippen LogP contribution in [0.1, 0.15) is 40.8 Å². The van der Waals surface area contributed by atoms with Crippen LogP contribution >= 0.6 is 11.6 Å². The summed E-state index contributed by atoms with van der Waals surface area (Å²) in [5.41, 5.74) is 1.47. The van der Waals surface area contributed by atoms with Gasteiger partial charge in [0.05, 0.1) is 11.6 Å². The maximum atomic E-state index is 12.7. The summed E-state index contributed by atoms with van der Waals surface area (Å²) < 4.78 is 7.24. The Morgan fingerprint density at radius 1 is 1.40 bits per heavy atom. The van der Waals surface area contributed by atoms with Gasteiger partial charge in [-0.1, -0.05) is 35.0 Å². The van der Waals surface area contributed by atoms with Crippen LogP contribution < -0.4 is 5.32 Å². The zero-order chi connectivity index (χ0) is 17.4.